The fraction of sp³-hybridized carbons (Fsp3) is 0.250. The van der Waals surface area contributed by atoms with Crippen molar-refractivity contribution in [2.75, 3.05) is 20.3 Å². The molecule has 1 aliphatic rings. The van der Waals surface area contributed by atoms with Crippen LogP contribution in [0.4, 0.5) is 0 Å². The van der Waals surface area contributed by atoms with Crippen molar-refractivity contribution >= 4 is 28.6 Å². The Morgan fingerprint density at radius 1 is 1.19 bits per heavy atom. The molecule has 4 rings (SSSR count). The molecule has 0 spiro atoms. The molecule has 3 aromatic rings. The highest BCUT2D eigenvalue weighted by molar-refractivity contribution is 5.88. The lowest BCUT2D eigenvalue weighted by Crippen LogP contribution is -2.10. The average Bonchev–Trinajstić information content (AvgIpc) is 3.15. The van der Waals surface area contributed by atoms with Crippen molar-refractivity contribution in [3.05, 3.63) is 63.5 Å². The van der Waals surface area contributed by atoms with E-state index in [0.717, 1.165) is 11.1 Å². The van der Waals surface area contributed by atoms with Crippen molar-refractivity contribution in [1.82, 2.24) is 0 Å². The molecule has 0 saturated carbocycles. The molecule has 0 saturated heterocycles. The number of carbonyl (C=O) groups is 1. The predicted molar refractivity (Wildman–Crippen MR) is 116 cm³/mol. The van der Waals surface area contributed by atoms with E-state index in [1.54, 1.807) is 25.3 Å². The van der Waals surface area contributed by atoms with Crippen molar-refractivity contribution in [2.24, 2.45) is 0 Å². The maximum absolute atomic E-state index is 13.0. The first-order valence-corrected chi connectivity index (χ1v) is 9.97. The van der Waals surface area contributed by atoms with Crippen LogP contribution in [-0.2, 0) is 11.2 Å². The largest absolute Gasteiger partial charge is 0.492 e. The second-order valence-electron chi connectivity index (χ2n) is 7.06. The van der Waals surface area contributed by atoms with E-state index in [9.17, 15) is 9.59 Å². The summed E-state index contributed by atoms with van der Waals surface area (Å²) in [6.45, 7) is 1.96. The van der Waals surface area contributed by atoms with Gasteiger partial charge in [-0.2, -0.15) is 0 Å². The molecule has 0 unspecified atom stereocenters. The molecule has 0 amide bonds. The van der Waals surface area contributed by atoms with Crippen LogP contribution in [0.25, 0.3) is 22.6 Å². The monoisotopic (exact) mass is 422 g/mol. The predicted octanol–water partition coefficient (Wildman–Crippen LogP) is 4.15. The van der Waals surface area contributed by atoms with Gasteiger partial charge in [0.1, 0.15) is 17.1 Å². The number of methoxy groups -OCH3 is 1. The van der Waals surface area contributed by atoms with Crippen LogP contribution in [0.5, 0.6) is 17.2 Å². The summed E-state index contributed by atoms with van der Waals surface area (Å²) in [6.07, 6.45) is 3.20. The zero-order chi connectivity index (χ0) is 22.0. The van der Waals surface area contributed by atoms with E-state index >= 15 is 0 Å². The number of carboxylic acids is 1. The third-order valence-electron chi connectivity index (χ3n) is 5.10. The van der Waals surface area contributed by atoms with Gasteiger partial charge in [0.05, 0.1) is 19.1 Å². The fourth-order valence-corrected chi connectivity index (χ4v) is 3.77. The Balaban J connectivity index is 1.79. The number of carboxylic acid groups (broad SMARTS) is 1. The van der Waals surface area contributed by atoms with Crippen LogP contribution in [0, 0.1) is 0 Å². The van der Waals surface area contributed by atoms with Crippen LogP contribution in [0.2, 0.25) is 0 Å². The molecule has 7 nitrogen and oxygen atoms in total. The van der Waals surface area contributed by atoms with Crippen LogP contribution in [0.3, 0.4) is 0 Å². The van der Waals surface area contributed by atoms with E-state index in [1.807, 2.05) is 31.2 Å². The molecular weight excluding hydrogens is 400 g/mol. The molecule has 1 aromatic heterocycles. The van der Waals surface area contributed by atoms with Gasteiger partial charge in [0.25, 0.3) is 0 Å². The number of ether oxygens (including phenoxy) is 3. The SMILES string of the molecule is CCOc1cccc(/C=C2/CCc3c2oc2cc(OCC(=O)O)ccc2c3=O)c1OC. The van der Waals surface area contributed by atoms with E-state index in [1.165, 1.54) is 0 Å². The summed E-state index contributed by atoms with van der Waals surface area (Å²) in [6, 6.07) is 10.4. The first-order valence-electron chi connectivity index (χ1n) is 9.97. The minimum Gasteiger partial charge on any atom is -0.492 e. The van der Waals surface area contributed by atoms with Gasteiger partial charge in [-0.25, -0.2) is 4.79 Å². The van der Waals surface area contributed by atoms with Crippen LogP contribution in [0.15, 0.2) is 45.6 Å². The van der Waals surface area contributed by atoms with Gasteiger partial charge in [-0.3, -0.25) is 4.79 Å². The van der Waals surface area contributed by atoms with Gasteiger partial charge in [0.15, 0.2) is 23.5 Å². The van der Waals surface area contributed by atoms with Crippen molar-refractivity contribution < 1.29 is 28.5 Å². The lowest BCUT2D eigenvalue weighted by molar-refractivity contribution is -0.139. The summed E-state index contributed by atoms with van der Waals surface area (Å²) in [4.78, 5) is 23.7. The Bertz CT molecular complexity index is 1240. The Morgan fingerprint density at radius 2 is 2.03 bits per heavy atom. The summed E-state index contributed by atoms with van der Waals surface area (Å²) in [7, 11) is 1.59. The Labute approximate surface area is 178 Å². The molecule has 160 valence electrons. The number of hydrogen-bond donors (Lipinski definition) is 1. The second-order valence-corrected chi connectivity index (χ2v) is 7.06. The molecule has 1 N–H and O–H groups in total. The summed E-state index contributed by atoms with van der Waals surface area (Å²) in [5.74, 6) is 1.06. The maximum atomic E-state index is 13.0. The van der Waals surface area contributed by atoms with E-state index in [2.05, 4.69) is 0 Å². The Hall–Kier alpha value is -3.74. The molecule has 1 aliphatic carbocycles. The quantitative estimate of drug-likeness (QED) is 0.611. The molecule has 7 heteroatoms. The minimum atomic E-state index is -1.08. The topological polar surface area (TPSA) is 95.2 Å². The van der Waals surface area contributed by atoms with E-state index in [4.69, 9.17) is 23.7 Å². The molecule has 0 atom stereocenters. The summed E-state index contributed by atoms with van der Waals surface area (Å²) in [5.41, 5.74) is 2.63. The second kappa shape index (κ2) is 8.55. The van der Waals surface area contributed by atoms with E-state index in [0.29, 0.717) is 59.0 Å². The Kier molecular flexibility index (Phi) is 5.66. The van der Waals surface area contributed by atoms with Gasteiger partial charge in [-0.15, -0.1) is 0 Å². The molecule has 0 aliphatic heterocycles. The van der Waals surface area contributed by atoms with Crippen molar-refractivity contribution in [3.63, 3.8) is 0 Å². The molecule has 2 aromatic carbocycles. The number of hydrogen-bond acceptors (Lipinski definition) is 6. The Morgan fingerprint density at radius 3 is 2.77 bits per heavy atom. The van der Waals surface area contributed by atoms with Crippen molar-refractivity contribution in [2.45, 2.75) is 19.8 Å². The zero-order valence-corrected chi connectivity index (χ0v) is 17.3. The van der Waals surface area contributed by atoms with Crippen molar-refractivity contribution in [3.8, 4) is 17.2 Å². The lowest BCUT2D eigenvalue weighted by Gasteiger charge is -2.12. The number of fused-ring (bicyclic) bond motifs is 2. The standard InChI is InChI=1S/C24H22O7/c1-3-29-19-6-4-5-14(24(19)28-2)11-15-7-9-18-22(27)17-10-8-16(30-13-21(25)26)12-20(17)31-23(15)18/h4-6,8,10-12H,3,7,9,13H2,1-2H3,(H,25,26)/b15-11-. The zero-order valence-electron chi connectivity index (χ0n) is 17.3. The number of aliphatic carboxylic acids is 1. The number of para-hydroxylation sites is 1. The highest BCUT2D eigenvalue weighted by Gasteiger charge is 2.25. The molecule has 0 fully saturated rings. The highest BCUT2D eigenvalue weighted by Crippen LogP contribution is 2.38. The smallest absolute Gasteiger partial charge is 0.341 e. The summed E-state index contributed by atoms with van der Waals surface area (Å²) in [5, 5.41) is 9.25. The number of allylic oxidation sites excluding steroid dienone is 1. The molecule has 0 radical (unpaired) electrons. The van der Waals surface area contributed by atoms with Gasteiger partial charge in [-0.1, -0.05) is 12.1 Å². The van der Waals surface area contributed by atoms with Gasteiger partial charge in [0, 0.05) is 17.2 Å². The third-order valence-corrected chi connectivity index (χ3v) is 5.10. The van der Waals surface area contributed by atoms with Gasteiger partial charge in [0.2, 0.25) is 0 Å². The molecule has 1 heterocycles. The minimum absolute atomic E-state index is 0.0838. The van der Waals surface area contributed by atoms with Crippen LogP contribution < -0.4 is 19.6 Å². The normalized spacial score (nSPS) is 13.9. The van der Waals surface area contributed by atoms with Gasteiger partial charge < -0.3 is 23.7 Å². The summed E-state index contributed by atoms with van der Waals surface area (Å²) >= 11 is 0. The van der Waals surface area contributed by atoms with Crippen LogP contribution in [0.1, 0.15) is 30.2 Å². The first-order chi connectivity index (χ1) is 15.0. The molecular formula is C24H22O7. The van der Waals surface area contributed by atoms with E-state index in [-0.39, 0.29) is 5.43 Å². The average molecular weight is 422 g/mol. The summed E-state index contributed by atoms with van der Waals surface area (Å²) < 4.78 is 22.5. The first kappa shape index (κ1) is 20.5. The maximum Gasteiger partial charge on any atom is 0.341 e. The van der Waals surface area contributed by atoms with Crippen LogP contribution >= 0.6 is 0 Å². The van der Waals surface area contributed by atoms with Gasteiger partial charge in [-0.05, 0) is 49.6 Å². The van der Waals surface area contributed by atoms with Gasteiger partial charge >= 0.3 is 5.97 Å². The van der Waals surface area contributed by atoms with Crippen LogP contribution in [-0.4, -0.2) is 31.4 Å². The third kappa shape index (κ3) is 3.99. The highest BCUT2D eigenvalue weighted by atomic mass is 16.5. The molecule has 31 heavy (non-hydrogen) atoms. The fourth-order valence-electron chi connectivity index (χ4n) is 3.77. The van der Waals surface area contributed by atoms with E-state index < -0.39 is 12.6 Å². The van der Waals surface area contributed by atoms with Crippen molar-refractivity contribution in [1.29, 1.82) is 0 Å². The number of rotatable bonds is 7. The molecule has 0 bridgehead atoms. The number of benzene rings is 2. The lowest BCUT2D eigenvalue weighted by atomic mass is 10.1.